The number of furan rings is 1. The maximum Gasteiger partial charge on any atom is 0.293 e. The highest BCUT2D eigenvalue weighted by molar-refractivity contribution is 5.38. The summed E-state index contributed by atoms with van der Waals surface area (Å²) in [6.07, 6.45) is 1.25. The minimum absolute atomic E-state index is 0.154. The number of carbonyl (C=O) groups excluding carboxylic acids is 1. The summed E-state index contributed by atoms with van der Waals surface area (Å²) in [7, 11) is 0. The third-order valence-corrected chi connectivity index (χ3v) is 1.78. The van der Waals surface area contributed by atoms with E-state index < -0.39 is 0 Å². The Morgan fingerprint density at radius 3 is 2.62 bits per heavy atom. The fourth-order valence-electron chi connectivity index (χ4n) is 1.19. The van der Waals surface area contributed by atoms with E-state index in [1.165, 1.54) is 0 Å². The molecule has 0 aliphatic carbocycles. The Morgan fingerprint density at radius 2 is 2.23 bits per heavy atom. The van der Waals surface area contributed by atoms with Gasteiger partial charge in [0.2, 0.25) is 0 Å². The lowest BCUT2D eigenvalue weighted by Gasteiger charge is -2.26. The van der Waals surface area contributed by atoms with E-state index >= 15 is 0 Å². The van der Waals surface area contributed by atoms with Gasteiger partial charge in [-0.3, -0.25) is 4.79 Å². The Balaban J connectivity index is 2.86. The lowest BCUT2D eigenvalue weighted by Crippen LogP contribution is -2.20. The number of hydrogen-bond acceptors (Lipinski definition) is 3. The van der Waals surface area contributed by atoms with Crippen LogP contribution in [0.4, 0.5) is 0 Å². The molecular weight excluding hydrogens is 168 g/mol. The van der Waals surface area contributed by atoms with E-state index in [9.17, 15) is 4.79 Å². The predicted octanol–water partition coefficient (Wildman–Crippen LogP) is 2.54. The molecule has 1 unspecified atom stereocenters. The fourth-order valence-corrected chi connectivity index (χ4v) is 1.19. The number of carbonyl (C=O) groups is 1. The summed E-state index contributed by atoms with van der Waals surface area (Å²) < 4.78 is 10.2. The summed E-state index contributed by atoms with van der Waals surface area (Å²) in [6.45, 7) is 6.43. The molecule has 0 spiro atoms. The fraction of sp³-hybridized carbons (Fsp3) is 0.500. The predicted molar refractivity (Wildman–Crippen MR) is 48.1 cm³/mol. The Labute approximate surface area is 77.7 Å². The van der Waals surface area contributed by atoms with Crippen molar-refractivity contribution >= 4 is 6.47 Å². The van der Waals surface area contributed by atoms with Crippen molar-refractivity contribution in [2.24, 2.45) is 5.41 Å². The monoisotopic (exact) mass is 182 g/mol. The first-order valence-electron chi connectivity index (χ1n) is 4.18. The van der Waals surface area contributed by atoms with Crippen molar-refractivity contribution in [3.05, 3.63) is 24.2 Å². The zero-order chi connectivity index (χ0) is 9.90. The normalized spacial score (nSPS) is 13.8. The molecule has 3 heteroatoms. The summed E-state index contributed by atoms with van der Waals surface area (Å²) in [4.78, 5) is 10.3. The van der Waals surface area contributed by atoms with Gasteiger partial charge in [0.15, 0.2) is 6.10 Å². The van der Waals surface area contributed by atoms with Gasteiger partial charge in [-0.15, -0.1) is 0 Å². The highest BCUT2D eigenvalue weighted by atomic mass is 16.5. The summed E-state index contributed by atoms with van der Waals surface area (Å²) >= 11 is 0. The van der Waals surface area contributed by atoms with Crippen LogP contribution in [0.2, 0.25) is 0 Å². The van der Waals surface area contributed by atoms with Gasteiger partial charge in [0.25, 0.3) is 6.47 Å². The Kier molecular flexibility index (Phi) is 2.76. The SMILES string of the molecule is CC(C)(C)C(OC=O)c1ccco1. The molecule has 3 nitrogen and oxygen atoms in total. The number of ether oxygens (including phenoxy) is 1. The van der Waals surface area contributed by atoms with Crippen LogP contribution in [0.5, 0.6) is 0 Å². The third kappa shape index (κ3) is 2.34. The van der Waals surface area contributed by atoms with Crippen LogP contribution >= 0.6 is 0 Å². The average molecular weight is 182 g/mol. The minimum atomic E-state index is -0.319. The van der Waals surface area contributed by atoms with Crippen molar-refractivity contribution < 1.29 is 13.9 Å². The summed E-state index contributed by atoms with van der Waals surface area (Å²) in [5.74, 6) is 0.680. The Hall–Kier alpha value is -1.25. The Bertz CT molecular complexity index is 256. The zero-order valence-electron chi connectivity index (χ0n) is 8.11. The van der Waals surface area contributed by atoms with Crippen LogP contribution in [-0.4, -0.2) is 6.47 Å². The summed E-state index contributed by atoms with van der Waals surface area (Å²) in [5.41, 5.74) is -0.154. The van der Waals surface area contributed by atoms with Gasteiger partial charge in [-0.2, -0.15) is 0 Å². The molecule has 0 fully saturated rings. The molecule has 1 aromatic heterocycles. The van der Waals surface area contributed by atoms with E-state index in [4.69, 9.17) is 9.15 Å². The standard InChI is InChI=1S/C10H14O3/c1-10(2,3)9(13-7-11)8-5-4-6-12-8/h4-7,9H,1-3H3. The molecule has 0 aliphatic heterocycles. The van der Waals surface area contributed by atoms with Gasteiger partial charge in [0, 0.05) is 5.41 Å². The molecule has 0 bridgehead atoms. The molecule has 1 rings (SSSR count). The largest absolute Gasteiger partial charge is 0.465 e. The van der Waals surface area contributed by atoms with E-state index in [1.54, 1.807) is 18.4 Å². The second-order valence-corrected chi connectivity index (χ2v) is 3.99. The smallest absolute Gasteiger partial charge is 0.293 e. The van der Waals surface area contributed by atoms with Gasteiger partial charge in [-0.25, -0.2) is 0 Å². The van der Waals surface area contributed by atoms with Crippen molar-refractivity contribution in [1.29, 1.82) is 0 Å². The molecular formula is C10H14O3. The third-order valence-electron chi connectivity index (χ3n) is 1.78. The number of rotatable bonds is 3. The van der Waals surface area contributed by atoms with E-state index in [1.807, 2.05) is 20.8 Å². The van der Waals surface area contributed by atoms with Crippen LogP contribution in [0, 0.1) is 5.41 Å². The van der Waals surface area contributed by atoms with Crippen molar-refractivity contribution in [2.75, 3.05) is 0 Å². The first-order valence-corrected chi connectivity index (χ1v) is 4.18. The molecule has 13 heavy (non-hydrogen) atoms. The molecule has 1 atom stereocenters. The van der Waals surface area contributed by atoms with Crippen LogP contribution in [-0.2, 0) is 9.53 Å². The van der Waals surface area contributed by atoms with Crippen LogP contribution in [0.25, 0.3) is 0 Å². The summed E-state index contributed by atoms with van der Waals surface area (Å²) in [6, 6.07) is 3.58. The maximum absolute atomic E-state index is 10.3. The van der Waals surface area contributed by atoms with Crippen molar-refractivity contribution in [3.63, 3.8) is 0 Å². The maximum atomic E-state index is 10.3. The molecule has 1 aromatic rings. The van der Waals surface area contributed by atoms with Gasteiger partial charge >= 0.3 is 0 Å². The second-order valence-electron chi connectivity index (χ2n) is 3.99. The second kappa shape index (κ2) is 3.64. The van der Waals surface area contributed by atoms with Crippen molar-refractivity contribution in [2.45, 2.75) is 26.9 Å². The van der Waals surface area contributed by atoms with Crippen LogP contribution in [0.1, 0.15) is 32.6 Å². The first-order chi connectivity index (χ1) is 6.05. The van der Waals surface area contributed by atoms with Gasteiger partial charge in [-0.05, 0) is 12.1 Å². The molecule has 72 valence electrons. The van der Waals surface area contributed by atoms with E-state index in [0.29, 0.717) is 12.2 Å². The van der Waals surface area contributed by atoms with Crippen LogP contribution < -0.4 is 0 Å². The highest BCUT2D eigenvalue weighted by Gasteiger charge is 2.29. The van der Waals surface area contributed by atoms with Crippen molar-refractivity contribution in [1.82, 2.24) is 0 Å². The number of hydrogen-bond donors (Lipinski definition) is 0. The molecule has 0 saturated carbocycles. The van der Waals surface area contributed by atoms with E-state index in [-0.39, 0.29) is 11.5 Å². The topological polar surface area (TPSA) is 39.4 Å². The zero-order valence-corrected chi connectivity index (χ0v) is 8.11. The molecule has 0 saturated heterocycles. The Morgan fingerprint density at radius 1 is 1.54 bits per heavy atom. The molecule has 0 aromatic carbocycles. The van der Waals surface area contributed by atoms with Gasteiger partial charge in [0.05, 0.1) is 6.26 Å². The van der Waals surface area contributed by atoms with Gasteiger partial charge in [0.1, 0.15) is 5.76 Å². The van der Waals surface area contributed by atoms with Crippen molar-refractivity contribution in [3.8, 4) is 0 Å². The highest BCUT2D eigenvalue weighted by Crippen LogP contribution is 2.35. The lowest BCUT2D eigenvalue weighted by molar-refractivity contribution is -0.140. The van der Waals surface area contributed by atoms with Gasteiger partial charge < -0.3 is 9.15 Å². The minimum Gasteiger partial charge on any atom is -0.465 e. The first kappa shape index (κ1) is 9.84. The molecule has 0 N–H and O–H groups in total. The van der Waals surface area contributed by atoms with Crippen LogP contribution in [0.15, 0.2) is 22.8 Å². The summed E-state index contributed by atoms with van der Waals surface area (Å²) in [5, 5.41) is 0. The van der Waals surface area contributed by atoms with Crippen LogP contribution in [0.3, 0.4) is 0 Å². The quantitative estimate of drug-likeness (QED) is 0.674. The average Bonchev–Trinajstić information content (AvgIpc) is 2.49. The lowest BCUT2D eigenvalue weighted by atomic mass is 9.87. The molecule has 1 heterocycles. The van der Waals surface area contributed by atoms with E-state index in [2.05, 4.69) is 0 Å². The molecule has 0 amide bonds. The molecule has 0 radical (unpaired) electrons. The molecule has 0 aliphatic rings. The van der Waals surface area contributed by atoms with E-state index in [0.717, 1.165) is 0 Å². The van der Waals surface area contributed by atoms with Gasteiger partial charge in [-0.1, -0.05) is 20.8 Å².